The molecule has 16 heavy (non-hydrogen) atoms. The van der Waals surface area contributed by atoms with Gasteiger partial charge >= 0.3 is 0 Å². The van der Waals surface area contributed by atoms with E-state index < -0.39 is 5.79 Å². The van der Waals surface area contributed by atoms with E-state index in [4.69, 9.17) is 20.3 Å². The van der Waals surface area contributed by atoms with Gasteiger partial charge in [-0.2, -0.15) is 0 Å². The topological polar surface area (TPSA) is 64.7 Å². The molecule has 1 aliphatic rings. The Bertz CT molecular complexity index is 390. The molecule has 0 aliphatic carbocycles. The number of rotatable bonds is 3. The molecule has 2 rings (SSSR count). The average molecular weight is 223 g/mol. The maximum atomic E-state index is 8.84. The molecule has 0 saturated heterocycles. The van der Waals surface area contributed by atoms with Crippen LogP contribution < -0.4 is 15.2 Å². The number of hydrogen-bond donors (Lipinski definition) is 2. The molecule has 1 aromatic carbocycles. The van der Waals surface area contributed by atoms with Crippen LogP contribution in [-0.4, -0.2) is 17.5 Å². The Morgan fingerprint density at radius 2 is 2.00 bits per heavy atom. The van der Waals surface area contributed by atoms with Crippen LogP contribution in [0.25, 0.3) is 0 Å². The minimum absolute atomic E-state index is 0.0844. The largest absolute Gasteiger partial charge is 0.449 e. The summed E-state index contributed by atoms with van der Waals surface area (Å²) in [6.45, 7) is 3.81. The van der Waals surface area contributed by atoms with E-state index in [1.54, 1.807) is 0 Å². The lowest BCUT2D eigenvalue weighted by atomic mass is 10.0. The van der Waals surface area contributed by atoms with Crippen molar-refractivity contribution in [3.63, 3.8) is 0 Å². The quantitative estimate of drug-likeness (QED) is 0.816. The third-order valence-electron chi connectivity index (χ3n) is 2.55. The minimum atomic E-state index is -0.609. The predicted molar refractivity (Wildman–Crippen MR) is 60.4 cm³/mol. The Labute approximate surface area is 95.0 Å². The van der Waals surface area contributed by atoms with Crippen molar-refractivity contribution in [2.75, 3.05) is 6.61 Å². The van der Waals surface area contributed by atoms with Gasteiger partial charge in [0.15, 0.2) is 11.5 Å². The van der Waals surface area contributed by atoms with E-state index in [9.17, 15) is 0 Å². The van der Waals surface area contributed by atoms with E-state index in [1.807, 2.05) is 32.0 Å². The first-order valence-corrected chi connectivity index (χ1v) is 5.40. The summed E-state index contributed by atoms with van der Waals surface area (Å²) in [6, 6.07) is 5.48. The smallest absolute Gasteiger partial charge is 0.246 e. The van der Waals surface area contributed by atoms with Crippen LogP contribution in [0.3, 0.4) is 0 Å². The van der Waals surface area contributed by atoms with Gasteiger partial charge in [0.25, 0.3) is 0 Å². The number of aliphatic hydroxyl groups excluding tert-OH is 1. The zero-order chi connectivity index (χ0) is 11.8. The number of benzene rings is 1. The van der Waals surface area contributed by atoms with Crippen LogP contribution in [0.15, 0.2) is 18.2 Å². The van der Waals surface area contributed by atoms with Gasteiger partial charge in [-0.1, -0.05) is 6.07 Å². The van der Waals surface area contributed by atoms with Crippen molar-refractivity contribution in [3.05, 3.63) is 23.8 Å². The molecule has 0 fully saturated rings. The normalized spacial score (nSPS) is 18.5. The van der Waals surface area contributed by atoms with Crippen LogP contribution in [0.1, 0.15) is 31.9 Å². The summed E-state index contributed by atoms with van der Waals surface area (Å²) in [6.07, 6.45) is 0.545. The van der Waals surface area contributed by atoms with Crippen LogP contribution in [0, 0.1) is 0 Å². The number of hydrogen-bond acceptors (Lipinski definition) is 4. The van der Waals surface area contributed by atoms with Gasteiger partial charge in [-0.05, 0) is 24.1 Å². The highest BCUT2D eigenvalue weighted by atomic mass is 16.7. The first-order valence-electron chi connectivity index (χ1n) is 5.40. The van der Waals surface area contributed by atoms with Crippen LogP contribution in [0.4, 0.5) is 0 Å². The monoisotopic (exact) mass is 223 g/mol. The van der Waals surface area contributed by atoms with E-state index in [-0.39, 0.29) is 12.6 Å². The summed E-state index contributed by atoms with van der Waals surface area (Å²) in [7, 11) is 0. The van der Waals surface area contributed by atoms with Crippen molar-refractivity contribution >= 4 is 0 Å². The zero-order valence-corrected chi connectivity index (χ0v) is 9.56. The number of fused-ring (bicyclic) bond motifs is 1. The second-order valence-electron chi connectivity index (χ2n) is 4.43. The predicted octanol–water partition coefficient (Wildman–Crippen LogP) is 1.58. The number of nitrogens with two attached hydrogens (primary N) is 1. The Hall–Kier alpha value is -1.26. The number of aliphatic hydroxyl groups is 1. The Kier molecular flexibility index (Phi) is 2.78. The van der Waals surface area contributed by atoms with Gasteiger partial charge in [-0.25, -0.2) is 0 Å². The van der Waals surface area contributed by atoms with Crippen LogP contribution in [-0.2, 0) is 0 Å². The van der Waals surface area contributed by atoms with Gasteiger partial charge in [0.2, 0.25) is 5.79 Å². The van der Waals surface area contributed by atoms with Gasteiger partial charge in [0, 0.05) is 26.5 Å². The molecule has 1 atom stereocenters. The van der Waals surface area contributed by atoms with E-state index in [1.165, 1.54) is 0 Å². The molecular weight excluding hydrogens is 206 g/mol. The highest BCUT2D eigenvalue weighted by Gasteiger charge is 2.31. The highest BCUT2D eigenvalue weighted by Crippen LogP contribution is 2.40. The molecule has 0 bridgehead atoms. The molecule has 0 amide bonds. The van der Waals surface area contributed by atoms with Crippen LogP contribution >= 0.6 is 0 Å². The van der Waals surface area contributed by atoms with Crippen molar-refractivity contribution in [1.82, 2.24) is 0 Å². The molecule has 88 valence electrons. The van der Waals surface area contributed by atoms with E-state index in [0.29, 0.717) is 6.42 Å². The summed E-state index contributed by atoms with van der Waals surface area (Å²) in [5, 5.41) is 8.84. The summed E-state index contributed by atoms with van der Waals surface area (Å²) in [5.74, 6) is 0.850. The molecule has 1 aliphatic heterocycles. The second kappa shape index (κ2) is 3.96. The Balaban J connectivity index is 2.22. The Morgan fingerprint density at radius 3 is 2.69 bits per heavy atom. The molecule has 3 N–H and O–H groups in total. The first-order chi connectivity index (χ1) is 7.52. The molecule has 1 unspecified atom stereocenters. The average Bonchev–Trinajstić information content (AvgIpc) is 2.50. The molecule has 0 saturated carbocycles. The standard InChI is InChI=1S/C12H17NO3/c1-12(2)15-10-4-3-8(7-11(10)16-12)9(13)5-6-14/h3-4,7,9,14H,5-6,13H2,1-2H3. The molecule has 4 heteroatoms. The summed E-state index contributed by atoms with van der Waals surface area (Å²) < 4.78 is 11.2. The summed E-state index contributed by atoms with van der Waals surface area (Å²) in [4.78, 5) is 0. The fourth-order valence-electron chi connectivity index (χ4n) is 1.78. The van der Waals surface area contributed by atoms with Crippen LogP contribution in [0.5, 0.6) is 11.5 Å². The molecule has 1 aromatic rings. The summed E-state index contributed by atoms with van der Waals surface area (Å²) >= 11 is 0. The lowest BCUT2D eigenvalue weighted by Gasteiger charge is -2.16. The lowest BCUT2D eigenvalue weighted by molar-refractivity contribution is -0.0431. The van der Waals surface area contributed by atoms with Gasteiger partial charge in [0.1, 0.15) is 0 Å². The fraction of sp³-hybridized carbons (Fsp3) is 0.500. The van der Waals surface area contributed by atoms with E-state index in [0.717, 1.165) is 17.1 Å². The van der Waals surface area contributed by atoms with Gasteiger partial charge < -0.3 is 20.3 Å². The van der Waals surface area contributed by atoms with Crippen molar-refractivity contribution in [3.8, 4) is 11.5 Å². The van der Waals surface area contributed by atoms with Gasteiger partial charge in [0.05, 0.1) is 0 Å². The van der Waals surface area contributed by atoms with Crippen molar-refractivity contribution < 1.29 is 14.6 Å². The molecule has 0 spiro atoms. The maximum absolute atomic E-state index is 8.84. The third-order valence-corrected chi connectivity index (χ3v) is 2.55. The van der Waals surface area contributed by atoms with E-state index >= 15 is 0 Å². The van der Waals surface area contributed by atoms with Gasteiger partial charge in [-0.3, -0.25) is 0 Å². The van der Waals surface area contributed by atoms with Crippen molar-refractivity contribution in [1.29, 1.82) is 0 Å². The summed E-state index contributed by atoms with van der Waals surface area (Å²) in [5.41, 5.74) is 6.86. The SMILES string of the molecule is CC1(C)Oc2ccc(C(N)CCO)cc2O1. The third kappa shape index (κ3) is 2.13. The molecule has 0 aromatic heterocycles. The fourth-order valence-corrected chi connectivity index (χ4v) is 1.78. The Morgan fingerprint density at radius 1 is 1.31 bits per heavy atom. The zero-order valence-electron chi connectivity index (χ0n) is 9.56. The molecule has 0 radical (unpaired) electrons. The second-order valence-corrected chi connectivity index (χ2v) is 4.43. The van der Waals surface area contributed by atoms with Crippen molar-refractivity contribution in [2.45, 2.75) is 32.1 Å². The van der Waals surface area contributed by atoms with Crippen LogP contribution in [0.2, 0.25) is 0 Å². The first kappa shape index (κ1) is 11.2. The van der Waals surface area contributed by atoms with E-state index in [2.05, 4.69) is 0 Å². The minimum Gasteiger partial charge on any atom is -0.449 e. The maximum Gasteiger partial charge on any atom is 0.246 e. The van der Waals surface area contributed by atoms with Crippen molar-refractivity contribution in [2.24, 2.45) is 5.73 Å². The molecule has 4 nitrogen and oxygen atoms in total. The van der Waals surface area contributed by atoms with Gasteiger partial charge in [-0.15, -0.1) is 0 Å². The lowest BCUT2D eigenvalue weighted by Crippen LogP contribution is -2.29. The number of ether oxygens (including phenoxy) is 2. The molecular formula is C12H17NO3. The molecule has 1 heterocycles. The highest BCUT2D eigenvalue weighted by molar-refractivity contribution is 5.46.